The summed E-state index contributed by atoms with van der Waals surface area (Å²) in [6, 6.07) is 2.15. The summed E-state index contributed by atoms with van der Waals surface area (Å²) in [5, 5.41) is 18.9. The van der Waals surface area contributed by atoms with Crippen LogP contribution in [-0.2, 0) is 23.8 Å². The smallest absolute Gasteiger partial charge is 0.332 e. The van der Waals surface area contributed by atoms with Crippen LogP contribution in [0.4, 0.5) is 0 Å². The van der Waals surface area contributed by atoms with Gasteiger partial charge >= 0.3 is 11.9 Å². The molecule has 7 unspecified atom stereocenters. The number of nitrogens with zero attached hydrogens (tertiary/aromatic N) is 1. The molecule has 122 valence electrons. The molecule has 1 saturated heterocycles. The van der Waals surface area contributed by atoms with Crippen LogP contribution in [0.15, 0.2) is 12.2 Å². The molecule has 4 rings (SSSR count). The van der Waals surface area contributed by atoms with Gasteiger partial charge in [-0.1, -0.05) is 6.58 Å². The Balaban J connectivity index is 1.43. The number of esters is 2. The first-order valence-corrected chi connectivity index (χ1v) is 7.63. The first kappa shape index (κ1) is 14.7. The lowest BCUT2D eigenvalue weighted by molar-refractivity contribution is -0.204. The number of carbonyl (C=O) groups excluding carboxylic acids is 2. The minimum atomic E-state index is -1.22. The third-order valence-electron chi connectivity index (χ3n) is 5.88. The highest BCUT2D eigenvalue weighted by Gasteiger charge is 2.91. The minimum Gasteiger partial charge on any atom is -0.457 e. The third-order valence-corrected chi connectivity index (χ3v) is 5.88. The van der Waals surface area contributed by atoms with Gasteiger partial charge in [0, 0.05) is 11.3 Å². The lowest BCUT2D eigenvalue weighted by Gasteiger charge is -2.46. The molecular weight excluding hydrogens is 302 g/mol. The van der Waals surface area contributed by atoms with Gasteiger partial charge in [0.15, 0.2) is 11.7 Å². The topological polar surface area (TPSA) is 106 Å². The SMILES string of the molecule is C=C(C)C(O)OCC(=O)OC1C2OC(=O)C3(C#N)CC4CC41C23. The largest absolute Gasteiger partial charge is 0.457 e. The summed E-state index contributed by atoms with van der Waals surface area (Å²) in [4.78, 5) is 24.0. The Labute approximate surface area is 132 Å². The predicted octanol–water partition coefficient (Wildman–Crippen LogP) is 0.284. The van der Waals surface area contributed by atoms with Gasteiger partial charge in [-0.15, -0.1) is 0 Å². The van der Waals surface area contributed by atoms with Gasteiger partial charge in [0.2, 0.25) is 0 Å². The second kappa shape index (κ2) is 4.34. The maximum absolute atomic E-state index is 12.1. The number of aliphatic hydroxyl groups is 1. The molecule has 4 aliphatic rings. The molecule has 0 aromatic carbocycles. The second-order valence-corrected chi connectivity index (χ2v) is 7.07. The highest BCUT2D eigenvalue weighted by atomic mass is 16.6. The first-order chi connectivity index (χ1) is 10.9. The molecule has 4 fully saturated rings. The van der Waals surface area contributed by atoms with Gasteiger partial charge in [-0.2, -0.15) is 5.26 Å². The fraction of sp³-hybridized carbons (Fsp3) is 0.688. The van der Waals surface area contributed by atoms with Crippen LogP contribution in [-0.4, -0.2) is 42.1 Å². The van der Waals surface area contributed by atoms with Gasteiger partial charge in [0.25, 0.3) is 0 Å². The summed E-state index contributed by atoms with van der Waals surface area (Å²) in [7, 11) is 0. The summed E-state index contributed by atoms with van der Waals surface area (Å²) >= 11 is 0. The Morgan fingerprint density at radius 2 is 2.35 bits per heavy atom. The van der Waals surface area contributed by atoms with Crippen molar-refractivity contribution in [3.8, 4) is 6.07 Å². The van der Waals surface area contributed by atoms with Crippen molar-refractivity contribution in [2.24, 2.45) is 22.7 Å². The van der Waals surface area contributed by atoms with E-state index in [0.29, 0.717) is 12.0 Å². The van der Waals surface area contributed by atoms with Crippen molar-refractivity contribution in [2.45, 2.75) is 38.3 Å². The highest BCUT2D eigenvalue weighted by Crippen LogP contribution is 2.84. The maximum atomic E-state index is 12.1. The normalized spacial score (nSPS) is 45.9. The molecule has 0 bridgehead atoms. The van der Waals surface area contributed by atoms with E-state index in [1.807, 2.05) is 0 Å². The molecule has 1 N–H and O–H groups in total. The van der Waals surface area contributed by atoms with Gasteiger partial charge in [-0.05, 0) is 31.3 Å². The molecule has 0 aromatic rings. The van der Waals surface area contributed by atoms with Crippen LogP contribution in [0.1, 0.15) is 19.8 Å². The molecule has 1 heterocycles. The summed E-state index contributed by atoms with van der Waals surface area (Å²) in [5.41, 5.74) is -0.917. The Hall–Kier alpha value is -1.91. The molecule has 1 spiro atoms. The molecule has 3 aliphatic carbocycles. The summed E-state index contributed by atoms with van der Waals surface area (Å²) in [6.07, 6.45) is -0.878. The van der Waals surface area contributed by atoms with Crippen molar-refractivity contribution in [3.05, 3.63) is 12.2 Å². The fourth-order valence-electron chi connectivity index (χ4n) is 4.83. The van der Waals surface area contributed by atoms with E-state index in [1.165, 1.54) is 0 Å². The minimum absolute atomic E-state index is 0.155. The standard InChI is InChI=1S/C16H17NO6/c1-7(2)13(19)21-5-9(18)22-12-10-11-15(6-17,14(20)23-10)3-8-4-16(8,11)12/h8,10-13,19H,1,3-5H2,2H3. The highest BCUT2D eigenvalue weighted by molar-refractivity contribution is 5.86. The second-order valence-electron chi connectivity index (χ2n) is 7.07. The molecule has 7 nitrogen and oxygen atoms in total. The van der Waals surface area contributed by atoms with E-state index in [2.05, 4.69) is 12.6 Å². The Morgan fingerprint density at radius 1 is 1.61 bits per heavy atom. The van der Waals surface area contributed by atoms with E-state index in [4.69, 9.17) is 14.2 Å². The van der Waals surface area contributed by atoms with Gasteiger partial charge in [-0.3, -0.25) is 4.79 Å². The molecule has 0 radical (unpaired) electrons. The number of aliphatic hydroxyl groups excluding tert-OH is 1. The molecule has 0 amide bonds. The van der Waals surface area contributed by atoms with Crippen molar-refractivity contribution in [2.75, 3.05) is 6.61 Å². The first-order valence-electron chi connectivity index (χ1n) is 7.63. The average molecular weight is 319 g/mol. The third kappa shape index (κ3) is 1.60. The maximum Gasteiger partial charge on any atom is 0.332 e. The number of ether oxygens (including phenoxy) is 3. The molecule has 3 saturated carbocycles. The van der Waals surface area contributed by atoms with Crippen LogP contribution in [0.5, 0.6) is 0 Å². The average Bonchev–Trinajstić information content (AvgIpc) is 3.08. The van der Waals surface area contributed by atoms with E-state index < -0.39 is 42.5 Å². The van der Waals surface area contributed by atoms with Crippen LogP contribution < -0.4 is 0 Å². The van der Waals surface area contributed by atoms with Crippen molar-refractivity contribution in [1.29, 1.82) is 5.26 Å². The number of hydrogen-bond donors (Lipinski definition) is 1. The summed E-state index contributed by atoms with van der Waals surface area (Å²) < 4.78 is 15.7. The molecule has 7 atom stereocenters. The lowest BCUT2D eigenvalue weighted by Crippen LogP contribution is -2.59. The Morgan fingerprint density at radius 3 is 3.00 bits per heavy atom. The van der Waals surface area contributed by atoms with Crippen LogP contribution in [0, 0.1) is 34.0 Å². The van der Waals surface area contributed by atoms with Crippen molar-refractivity contribution in [3.63, 3.8) is 0 Å². The van der Waals surface area contributed by atoms with Gasteiger partial charge < -0.3 is 19.3 Å². The van der Waals surface area contributed by atoms with Crippen LogP contribution in [0.3, 0.4) is 0 Å². The van der Waals surface area contributed by atoms with Crippen LogP contribution >= 0.6 is 0 Å². The van der Waals surface area contributed by atoms with Crippen molar-refractivity contribution in [1.82, 2.24) is 0 Å². The molecule has 7 heteroatoms. The lowest BCUT2D eigenvalue weighted by atomic mass is 9.59. The zero-order valence-electron chi connectivity index (χ0n) is 12.7. The number of nitriles is 1. The van der Waals surface area contributed by atoms with Crippen LogP contribution in [0.25, 0.3) is 0 Å². The quantitative estimate of drug-likeness (QED) is 0.441. The summed E-state index contributed by atoms with van der Waals surface area (Å²) in [5.74, 6) is -1.01. The number of hydrogen-bond acceptors (Lipinski definition) is 7. The Bertz CT molecular complexity index is 668. The molecule has 1 aliphatic heterocycles. The molecular formula is C16H17NO6. The summed E-state index contributed by atoms with van der Waals surface area (Å²) in [6.45, 7) is 4.70. The van der Waals surface area contributed by atoms with E-state index in [0.717, 1.165) is 6.42 Å². The van der Waals surface area contributed by atoms with Gasteiger partial charge in [0.05, 0.1) is 6.07 Å². The van der Waals surface area contributed by atoms with Crippen molar-refractivity contribution >= 4 is 11.9 Å². The number of carbonyl (C=O) groups is 2. The van der Waals surface area contributed by atoms with E-state index in [1.54, 1.807) is 6.92 Å². The van der Waals surface area contributed by atoms with E-state index >= 15 is 0 Å². The Kier molecular flexibility index (Phi) is 2.77. The molecule has 23 heavy (non-hydrogen) atoms. The fourth-order valence-corrected chi connectivity index (χ4v) is 4.83. The predicted molar refractivity (Wildman–Crippen MR) is 73.2 cm³/mol. The number of rotatable bonds is 5. The van der Waals surface area contributed by atoms with Gasteiger partial charge in [-0.25, -0.2) is 4.79 Å². The van der Waals surface area contributed by atoms with Gasteiger partial charge in [0.1, 0.15) is 18.8 Å². The monoisotopic (exact) mass is 319 g/mol. The molecule has 0 aromatic heterocycles. The van der Waals surface area contributed by atoms with Crippen LogP contribution in [0.2, 0.25) is 0 Å². The van der Waals surface area contributed by atoms with Crippen molar-refractivity contribution < 1.29 is 28.9 Å². The zero-order valence-corrected chi connectivity index (χ0v) is 12.7. The van der Waals surface area contributed by atoms with E-state index in [9.17, 15) is 20.0 Å². The van der Waals surface area contributed by atoms with E-state index in [-0.39, 0.29) is 17.3 Å². The zero-order chi connectivity index (χ0) is 16.6.